The minimum Gasteiger partial charge on any atom is -0.507 e. The molecule has 0 aliphatic rings. The van der Waals surface area contributed by atoms with Gasteiger partial charge in [0.05, 0.1) is 5.56 Å². The van der Waals surface area contributed by atoms with Gasteiger partial charge in [-0.2, -0.15) is 13.2 Å². The van der Waals surface area contributed by atoms with Crippen molar-refractivity contribution in [2.75, 3.05) is 5.32 Å². The van der Waals surface area contributed by atoms with Crippen LogP contribution in [0.1, 0.15) is 21.6 Å². The monoisotopic (exact) mass is 326 g/mol. The zero-order valence-electron chi connectivity index (χ0n) is 12.2. The van der Waals surface area contributed by atoms with Crippen molar-refractivity contribution in [2.24, 2.45) is 7.05 Å². The van der Waals surface area contributed by atoms with Crippen molar-refractivity contribution >= 4 is 11.6 Å². The molecule has 1 aromatic heterocycles. The summed E-state index contributed by atoms with van der Waals surface area (Å²) in [7, 11) is 1.41. The molecular formula is C15H13F3N2O3. The molecule has 0 aliphatic heterocycles. The molecular weight excluding hydrogens is 313 g/mol. The van der Waals surface area contributed by atoms with Gasteiger partial charge in [0.25, 0.3) is 11.5 Å². The number of amides is 1. The Kier molecular flexibility index (Phi) is 4.18. The average Bonchev–Trinajstić information content (AvgIpc) is 2.44. The van der Waals surface area contributed by atoms with Crippen LogP contribution in [-0.4, -0.2) is 15.6 Å². The molecule has 0 aliphatic carbocycles. The third-order valence-electron chi connectivity index (χ3n) is 3.32. The lowest BCUT2D eigenvalue weighted by Gasteiger charge is -2.11. The number of carbonyl (C=O) groups is 1. The predicted octanol–water partition coefficient (Wildman–Crippen LogP) is 2.67. The van der Waals surface area contributed by atoms with Crippen LogP contribution in [-0.2, 0) is 13.2 Å². The maximum Gasteiger partial charge on any atom is 0.416 e. The molecule has 1 amide bonds. The Morgan fingerprint density at radius 1 is 1.26 bits per heavy atom. The Labute approximate surface area is 129 Å². The fraction of sp³-hybridized carbons (Fsp3) is 0.200. The largest absolute Gasteiger partial charge is 0.507 e. The molecule has 2 rings (SSSR count). The van der Waals surface area contributed by atoms with Gasteiger partial charge in [0, 0.05) is 24.5 Å². The Morgan fingerprint density at radius 2 is 1.91 bits per heavy atom. The lowest BCUT2D eigenvalue weighted by Crippen LogP contribution is -2.29. The van der Waals surface area contributed by atoms with Gasteiger partial charge in [-0.3, -0.25) is 9.59 Å². The van der Waals surface area contributed by atoms with Crippen molar-refractivity contribution in [1.82, 2.24) is 4.57 Å². The van der Waals surface area contributed by atoms with E-state index in [0.29, 0.717) is 5.69 Å². The molecule has 0 radical (unpaired) electrons. The van der Waals surface area contributed by atoms with E-state index in [9.17, 15) is 27.9 Å². The number of aromatic hydroxyl groups is 1. The lowest BCUT2D eigenvalue weighted by molar-refractivity contribution is -0.137. The molecule has 8 heteroatoms. The number of carbonyl (C=O) groups excluding carboxylic acids is 1. The molecule has 23 heavy (non-hydrogen) atoms. The van der Waals surface area contributed by atoms with Gasteiger partial charge in [-0.1, -0.05) is 6.07 Å². The maximum absolute atomic E-state index is 12.6. The molecule has 0 spiro atoms. The van der Waals surface area contributed by atoms with E-state index in [2.05, 4.69) is 5.32 Å². The second-order valence-corrected chi connectivity index (χ2v) is 4.94. The quantitative estimate of drug-likeness (QED) is 0.891. The van der Waals surface area contributed by atoms with Crippen molar-refractivity contribution in [3.63, 3.8) is 0 Å². The first kappa shape index (κ1) is 16.6. The summed E-state index contributed by atoms with van der Waals surface area (Å²) in [6, 6.07) is 5.21. The maximum atomic E-state index is 12.6. The molecule has 0 saturated carbocycles. The zero-order valence-corrected chi connectivity index (χ0v) is 12.2. The molecule has 0 atom stereocenters. The van der Waals surface area contributed by atoms with Crippen molar-refractivity contribution in [3.8, 4) is 5.75 Å². The number of hydrogen-bond donors (Lipinski definition) is 2. The fourth-order valence-electron chi connectivity index (χ4n) is 1.98. The summed E-state index contributed by atoms with van der Waals surface area (Å²) in [5.41, 5.74) is -1.91. The highest BCUT2D eigenvalue weighted by Gasteiger charge is 2.30. The first-order valence-electron chi connectivity index (χ1n) is 6.49. The van der Waals surface area contributed by atoms with E-state index in [0.717, 1.165) is 22.8 Å². The van der Waals surface area contributed by atoms with Crippen LogP contribution >= 0.6 is 0 Å². The molecule has 0 saturated heterocycles. The van der Waals surface area contributed by atoms with E-state index in [4.69, 9.17) is 0 Å². The van der Waals surface area contributed by atoms with Crippen LogP contribution in [0.5, 0.6) is 5.75 Å². The Hall–Kier alpha value is -2.77. The number of benzene rings is 1. The molecule has 0 bridgehead atoms. The molecule has 122 valence electrons. The van der Waals surface area contributed by atoms with Gasteiger partial charge in [0.15, 0.2) is 0 Å². The van der Waals surface area contributed by atoms with E-state index < -0.39 is 34.5 Å². The zero-order chi connectivity index (χ0) is 17.4. The molecule has 2 aromatic rings. The minimum atomic E-state index is -4.55. The molecule has 1 heterocycles. The van der Waals surface area contributed by atoms with E-state index in [-0.39, 0.29) is 5.69 Å². The molecule has 0 unspecified atom stereocenters. The Bertz CT molecular complexity index is 826. The van der Waals surface area contributed by atoms with Crippen LogP contribution in [0.3, 0.4) is 0 Å². The number of aromatic nitrogens is 1. The van der Waals surface area contributed by atoms with Crippen molar-refractivity contribution in [3.05, 3.63) is 57.5 Å². The predicted molar refractivity (Wildman–Crippen MR) is 77.5 cm³/mol. The summed E-state index contributed by atoms with van der Waals surface area (Å²) in [5.74, 6) is -1.52. The standard InChI is InChI=1S/C15H13F3N2O3/c1-8-6-11(21)12(14(23)20(8)2)13(22)19-10-5-3-4-9(7-10)15(16,17)18/h3-7,21H,1-2H3,(H,19,22). The van der Waals surface area contributed by atoms with Crippen LogP contribution < -0.4 is 10.9 Å². The van der Waals surface area contributed by atoms with Crippen LogP contribution in [0, 0.1) is 6.92 Å². The highest BCUT2D eigenvalue weighted by molar-refractivity contribution is 6.05. The van der Waals surface area contributed by atoms with Gasteiger partial charge in [0.2, 0.25) is 0 Å². The van der Waals surface area contributed by atoms with Gasteiger partial charge in [-0.05, 0) is 25.1 Å². The number of hydrogen-bond acceptors (Lipinski definition) is 3. The molecule has 5 nitrogen and oxygen atoms in total. The number of pyridine rings is 1. The van der Waals surface area contributed by atoms with Crippen molar-refractivity contribution < 1.29 is 23.1 Å². The first-order chi connectivity index (χ1) is 10.6. The SMILES string of the molecule is Cc1cc(O)c(C(=O)Nc2cccc(C(F)(F)F)c2)c(=O)n1C. The number of halogens is 3. The van der Waals surface area contributed by atoms with Crippen molar-refractivity contribution in [2.45, 2.75) is 13.1 Å². The summed E-state index contributed by atoms with van der Waals surface area (Å²) >= 11 is 0. The highest BCUT2D eigenvalue weighted by atomic mass is 19.4. The minimum absolute atomic E-state index is 0.133. The van der Waals surface area contributed by atoms with Gasteiger partial charge in [0.1, 0.15) is 11.3 Å². The molecule has 0 fully saturated rings. The number of rotatable bonds is 2. The molecule has 1 aromatic carbocycles. The van der Waals surface area contributed by atoms with Crippen LogP contribution in [0.15, 0.2) is 35.1 Å². The van der Waals surface area contributed by atoms with Gasteiger partial charge < -0.3 is 15.0 Å². The Morgan fingerprint density at radius 3 is 2.52 bits per heavy atom. The summed E-state index contributed by atoms with van der Waals surface area (Å²) < 4.78 is 39.1. The van der Waals surface area contributed by atoms with Crippen LogP contribution in [0.2, 0.25) is 0 Å². The second-order valence-electron chi connectivity index (χ2n) is 4.94. The lowest BCUT2D eigenvalue weighted by atomic mass is 10.1. The van der Waals surface area contributed by atoms with E-state index in [1.165, 1.54) is 19.2 Å². The topological polar surface area (TPSA) is 71.3 Å². The summed E-state index contributed by atoms with van der Waals surface area (Å²) in [6.07, 6.45) is -4.55. The average molecular weight is 326 g/mol. The normalized spacial score (nSPS) is 11.3. The summed E-state index contributed by atoms with van der Waals surface area (Å²) in [5, 5.41) is 12.0. The van der Waals surface area contributed by atoms with E-state index in [1.807, 2.05) is 0 Å². The smallest absolute Gasteiger partial charge is 0.416 e. The Balaban J connectivity index is 2.38. The van der Waals surface area contributed by atoms with Gasteiger partial charge in [-0.15, -0.1) is 0 Å². The third-order valence-corrected chi connectivity index (χ3v) is 3.32. The van der Waals surface area contributed by atoms with Gasteiger partial charge >= 0.3 is 6.18 Å². The number of anilines is 1. The number of nitrogens with one attached hydrogen (secondary N) is 1. The highest BCUT2D eigenvalue weighted by Crippen LogP contribution is 2.30. The van der Waals surface area contributed by atoms with E-state index in [1.54, 1.807) is 6.92 Å². The van der Waals surface area contributed by atoms with Crippen LogP contribution in [0.25, 0.3) is 0 Å². The number of alkyl halides is 3. The second kappa shape index (κ2) is 5.79. The fourth-order valence-corrected chi connectivity index (χ4v) is 1.98. The summed E-state index contributed by atoms with van der Waals surface area (Å²) in [6.45, 7) is 1.57. The number of aryl methyl sites for hydroxylation is 1. The van der Waals surface area contributed by atoms with Crippen LogP contribution in [0.4, 0.5) is 18.9 Å². The number of nitrogens with zero attached hydrogens (tertiary/aromatic N) is 1. The summed E-state index contributed by atoms with van der Waals surface area (Å²) in [4.78, 5) is 24.1. The van der Waals surface area contributed by atoms with E-state index >= 15 is 0 Å². The molecule has 2 N–H and O–H groups in total. The first-order valence-corrected chi connectivity index (χ1v) is 6.49. The van der Waals surface area contributed by atoms with Gasteiger partial charge in [-0.25, -0.2) is 0 Å². The third kappa shape index (κ3) is 3.36. The van der Waals surface area contributed by atoms with Crippen molar-refractivity contribution in [1.29, 1.82) is 0 Å².